The Morgan fingerprint density at radius 1 is 1.38 bits per heavy atom. The van der Waals surface area contributed by atoms with Crippen LogP contribution < -0.4 is 15.3 Å². The molecular formula is C10H11CaN4O8P. The Morgan fingerprint density at radius 2 is 2.08 bits per heavy atom. The quantitative estimate of drug-likeness (QED) is 0.347. The van der Waals surface area contributed by atoms with Gasteiger partial charge in [0.15, 0.2) is 17.4 Å². The molecule has 1 fully saturated rings. The van der Waals surface area contributed by atoms with Gasteiger partial charge in [-0.15, -0.1) is 0 Å². The average molecular weight is 386 g/mol. The molecule has 126 valence electrons. The fourth-order valence-corrected chi connectivity index (χ4v) is 2.64. The fraction of sp³-hybridized carbons (Fsp3) is 0.500. The molecule has 0 saturated carbocycles. The van der Waals surface area contributed by atoms with Crippen molar-refractivity contribution < 1.29 is 33.8 Å². The van der Waals surface area contributed by atoms with Crippen molar-refractivity contribution in [3.63, 3.8) is 0 Å². The number of aromatic amines is 1. The number of nitrogens with zero attached hydrogens (tertiary/aromatic N) is 3. The number of aromatic nitrogens is 4. The van der Waals surface area contributed by atoms with Gasteiger partial charge in [0.1, 0.15) is 18.3 Å². The molecule has 0 bridgehead atoms. The Bertz CT molecular complexity index is 821. The van der Waals surface area contributed by atoms with E-state index in [0.29, 0.717) is 0 Å². The molecule has 2 aromatic heterocycles. The topological polar surface area (TPSA) is 186 Å². The van der Waals surface area contributed by atoms with Gasteiger partial charge in [-0.05, 0) is 0 Å². The van der Waals surface area contributed by atoms with Gasteiger partial charge in [0.05, 0.1) is 27.1 Å². The normalized spacial score (nSPS) is 27.3. The summed E-state index contributed by atoms with van der Waals surface area (Å²) in [6.45, 7) is -0.750. The van der Waals surface area contributed by atoms with Crippen LogP contribution in [0.1, 0.15) is 6.23 Å². The van der Waals surface area contributed by atoms with Gasteiger partial charge < -0.3 is 38.8 Å². The standard InChI is InChI=1S/C10H13N4O8P.Ca/c15-6-4(1-21-23(18,19)20)22-10(7(6)16)14-3-13-5-8(14)11-2-12-9(5)17;/h2-4,6-7,10,15-16H,1H2,(H,11,12,17)(H2,18,19,20);/q;+2/p-2. The minimum Gasteiger partial charge on any atom is -0.790 e. The number of nitrogens with one attached hydrogen (secondary N) is 1. The maximum atomic E-state index is 11.6. The molecule has 4 atom stereocenters. The molecule has 0 spiro atoms. The van der Waals surface area contributed by atoms with E-state index in [2.05, 4.69) is 19.5 Å². The van der Waals surface area contributed by atoms with E-state index >= 15 is 0 Å². The van der Waals surface area contributed by atoms with Gasteiger partial charge in [0.2, 0.25) is 0 Å². The summed E-state index contributed by atoms with van der Waals surface area (Å²) < 4.78 is 21.1. The van der Waals surface area contributed by atoms with Gasteiger partial charge in [0.25, 0.3) is 5.56 Å². The second-order valence-corrected chi connectivity index (χ2v) is 6.00. The minimum atomic E-state index is -5.24. The Hall–Kier alpha value is -0.400. The molecule has 12 nitrogen and oxygen atoms in total. The number of H-pyrrole nitrogens is 1. The van der Waals surface area contributed by atoms with E-state index in [1.807, 2.05) is 0 Å². The summed E-state index contributed by atoms with van der Waals surface area (Å²) in [6, 6.07) is 0. The predicted octanol–water partition coefficient (Wildman–Crippen LogP) is -3.80. The zero-order valence-corrected chi connectivity index (χ0v) is 15.1. The summed E-state index contributed by atoms with van der Waals surface area (Å²) in [5, 5.41) is 19.9. The number of aliphatic hydroxyl groups is 2. The Balaban J connectivity index is 0.00000208. The first kappa shape index (κ1) is 19.9. The molecular weight excluding hydrogens is 375 g/mol. The van der Waals surface area contributed by atoms with Crippen LogP contribution in [0.3, 0.4) is 0 Å². The van der Waals surface area contributed by atoms with Crippen LogP contribution in [0, 0.1) is 0 Å². The molecule has 3 N–H and O–H groups in total. The molecule has 14 heteroatoms. The first-order chi connectivity index (χ1) is 10.8. The van der Waals surface area contributed by atoms with Gasteiger partial charge in [-0.1, -0.05) is 0 Å². The summed E-state index contributed by atoms with van der Waals surface area (Å²) in [7, 11) is -5.24. The van der Waals surface area contributed by atoms with Crippen molar-refractivity contribution in [2.45, 2.75) is 24.5 Å². The van der Waals surface area contributed by atoms with Crippen molar-refractivity contribution >= 4 is 56.7 Å². The number of hydrogen-bond donors (Lipinski definition) is 3. The Morgan fingerprint density at radius 3 is 2.75 bits per heavy atom. The SMILES string of the molecule is O=c1[nH]cnc2c1ncn2C1OC(COP(=O)([O-])[O-])C(O)C1O.[Ca+2]. The Labute approximate surface area is 163 Å². The van der Waals surface area contributed by atoms with Crippen LogP contribution in [0.15, 0.2) is 17.4 Å². The van der Waals surface area contributed by atoms with Gasteiger partial charge in [0, 0.05) is 0 Å². The molecule has 3 heterocycles. The van der Waals surface area contributed by atoms with Crippen LogP contribution >= 0.6 is 7.82 Å². The maximum absolute atomic E-state index is 11.6. The average Bonchev–Trinajstić information content (AvgIpc) is 3.01. The fourth-order valence-electron chi connectivity index (χ4n) is 2.31. The van der Waals surface area contributed by atoms with E-state index in [4.69, 9.17) is 4.74 Å². The molecule has 24 heavy (non-hydrogen) atoms. The maximum Gasteiger partial charge on any atom is 2.00 e. The number of hydrogen-bond acceptors (Lipinski definition) is 10. The molecule has 1 saturated heterocycles. The van der Waals surface area contributed by atoms with Gasteiger partial charge >= 0.3 is 37.7 Å². The second kappa shape index (κ2) is 7.46. The Kier molecular flexibility index (Phi) is 6.19. The monoisotopic (exact) mass is 386 g/mol. The van der Waals surface area contributed by atoms with Gasteiger partial charge in [-0.2, -0.15) is 0 Å². The molecule has 1 aliphatic rings. The third-order valence-corrected chi connectivity index (χ3v) is 3.84. The van der Waals surface area contributed by atoms with E-state index in [9.17, 15) is 29.4 Å². The van der Waals surface area contributed by atoms with Crippen molar-refractivity contribution in [3.05, 3.63) is 23.0 Å². The van der Waals surface area contributed by atoms with Crippen molar-refractivity contribution in [2.24, 2.45) is 0 Å². The van der Waals surface area contributed by atoms with Crippen LogP contribution in [0.4, 0.5) is 0 Å². The molecule has 0 radical (unpaired) electrons. The number of imidazole rings is 1. The summed E-state index contributed by atoms with van der Waals surface area (Å²) in [4.78, 5) is 42.6. The summed E-state index contributed by atoms with van der Waals surface area (Å²) in [6.07, 6.45) is -3.11. The van der Waals surface area contributed by atoms with E-state index in [1.54, 1.807) is 0 Å². The number of ether oxygens (including phenoxy) is 1. The molecule has 0 aliphatic carbocycles. The van der Waals surface area contributed by atoms with Crippen LogP contribution in [-0.4, -0.2) is 92.4 Å². The van der Waals surface area contributed by atoms with E-state index < -0.39 is 44.5 Å². The molecule has 0 aromatic carbocycles. The summed E-state index contributed by atoms with van der Waals surface area (Å²) in [5.41, 5.74) is -0.397. The molecule has 3 rings (SSSR count). The number of rotatable bonds is 4. The number of fused-ring (bicyclic) bond motifs is 1. The third-order valence-electron chi connectivity index (χ3n) is 3.37. The van der Waals surface area contributed by atoms with Crippen LogP contribution in [0.2, 0.25) is 0 Å². The third kappa shape index (κ3) is 3.88. The van der Waals surface area contributed by atoms with Crippen molar-refractivity contribution in [1.29, 1.82) is 0 Å². The van der Waals surface area contributed by atoms with Crippen molar-refractivity contribution in [1.82, 2.24) is 19.5 Å². The molecule has 2 aromatic rings. The molecule has 0 amide bonds. The van der Waals surface area contributed by atoms with Crippen LogP contribution in [0.5, 0.6) is 0 Å². The number of aliphatic hydroxyl groups excluding tert-OH is 2. The van der Waals surface area contributed by atoms with Crippen LogP contribution in [0.25, 0.3) is 11.2 Å². The van der Waals surface area contributed by atoms with E-state index in [0.717, 1.165) is 6.33 Å². The van der Waals surface area contributed by atoms with Gasteiger partial charge in [-0.3, -0.25) is 9.36 Å². The second-order valence-electron chi connectivity index (χ2n) is 4.84. The summed E-state index contributed by atoms with van der Waals surface area (Å²) >= 11 is 0. The zero-order valence-electron chi connectivity index (χ0n) is 12.0. The first-order valence-corrected chi connectivity index (χ1v) is 7.82. The molecule has 4 unspecified atom stereocenters. The van der Waals surface area contributed by atoms with Crippen molar-refractivity contribution in [2.75, 3.05) is 6.61 Å². The minimum absolute atomic E-state index is 0. The zero-order chi connectivity index (χ0) is 16.8. The first-order valence-electron chi connectivity index (χ1n) is 6.36. The van der Waals surface area contributed by atoms with Gasteiger partial charge in [-0.25, -0.2) is 9.97 Å². The van der Waals surface area contributed by atoms with E-state index in [-0.39, 0.29) is 48.9 Å². The molecule has 1 aliphatic heterocycles. The van der Waals surface area contributed by atoms with Crippen molar-refractivity contribution in [3.8, 4) is 0 Å². The largest absolute Gasteiger partial charge is 2.00 e. The summed E-state index contributed by atoms with van der Waals surface area (Å²) in [5.74, 6) is 0. The number of phosphoric acid groups is 1. The smallest absolute Gasteiger partial charge is 0.790 e. The number of phosphoric ester groups is 1. The van der Waals surface area contributed by atoms with E-state index in [1.165, 1.54) is 10.9 Å². The predicted molar refractivity (Wildman–Crippen MR) is 73.4 cm³/mol. The van der Waals surface area contributed by atoms with Crippen LogP contribution in [-0.2, 0) is 13.8 Å².